The third kappa shape index (κ3) is 5.58. The summed E-state index contributed by atoms with van der Waals surface area (Å²) >= 11 is 0. The number of rotatable bonds is 7. The first kappa shape index (κ1) is 19.4. The van der Waals surface area contributed by atoms with E-state index in [4.69, 9.17) is 19.3 Å². The molecule has 6 nitrogen and oxygen atoms in total. The Hall–Kier alpha value is -2.89. The number of carboxylic acid groups (broad SMARTS) is 1. The Morgan fingerprint density at radius 2 is 1.65 bits per heavy atom. The van der Waals surface area contributed by atoms with Crippen molar-refractivity contribution in [2.45, 2.75) is 46.0 Å². The Balaban J connectivity index is 2.12. The summed E-state index contributed by atoms with van der Waals surface area (Å²) < 4.78 is 17.4. The third-order valence-corrected chi connectivity index (χ3v) is 3.30. The highest BCUT2D eigenvalue weighted by atomic mass is 16.7. The summed E-state index contributed by atoms with van der Waals surface area (Å²) in [6.45, 7) is 7.77. The molecule has 2 aromatic rings. The van der Waals surface area contributed by atoms with Gasteiger partial charge in [-0.15, -0.1) is 0 Å². The summed E-state index contributed by atoms with van der Waals surface area (Å²) in [7, 11) is 0. The van der Waals surface area contributed by atoms with E-state index >= 15 is 0 Å². The number of ether oxygens (including phenoxy) is 3. The molecule has 2 aromatic carbocycles. The van der Waals surface area contributed by atoms with E-state index < -0.39 is 12.3 Å². The normalized spacial score (nSPS) is 12.3. The van der Waals surface area contributed by atoms with Crippen molar-refractivity contribution in [3.05, 3.63) is 48.0 Å². The van der Waals surface area contributed by atoms with Crippen molar-refractivity contribution in [1.29, 1.82) is 0 Å². The zero-order chi connectivity index (χ0) is 19.3. The molecule has 0 fully saturated rings. The number of hydrogen-bond donors (Lipinski definition) is 2. The van der Waals surface area contributed by atoms with Gasteiger partial charge in [0.2, 0.25) is 6.29 Å². The Kier molecular flexibility index (Phi) is 5.97. The quantitative estimate of drug-likeness (QED) is 0.709. The molecule has 2 rings (SSSR count). The lowest BCUT2D eigenvalue weighted by atomic mass is 10.2. The zero-order valence-electron chi connectivity index (χ0n) is 15.4. The van der Waals surface area contributed by atoms with Crippen LogP contribution in [0.1, 0.15) is 44.5 Å². The number of benzene rings is 2. The second-order valence-electron chi connectivity index (χ2n) is 6.75. The van der Waals surface area contributed by atoms with Crippen LogP contribution in [0, 0.1) is 0 Å². The maximum absolute atomic E-state index is 11.1. The molecular formula is C20H24O6. The molecule has 0 aliphatic carbocycles. The number of phenols is 1. The van der Waals surface area contributed by atoms with Crippen LogP contribution in [0.5, 0.6) is 23.0 Å². The van der Waals surface area contributed by atoms with Gasteiger partial charge >= 0.3 is 5.97 Å². The minimum absolute atomic E-state index is 0.224. The molecule has 0 amide bonds. The SMILES string of the molecule is CCC(Oc1cccc(OC(C)(C)C)c1)Oc1ccc(O)c(C(=O)O)c1. The number of aromatic carboxylic acids is 1. The molecular weight excluding hydrogens is 336 g/mol. The largest absolute Gasteiger partial charge is 0.507 e. The summed E-state index contributed by atoms with van der Waals surface area (Å²) in [6, 6.07) is 11.3. The molecule has 6 heteroatoms. The molecule has 26 heavy (non-hydrogen) atoms. The van der Waals surface area contributed by atoms with Gasteiger partial charge in [0.15, 0.2) is 0 Å². The first-order valence-electron chi connectivity index (χ1n) is 8.36. The monoisotopic (exact) mass is 360 g/mol. The van der Waals surface area contributed by atoms with Gasteiger partial charge < -0.3 is 24.4 Å². The van der Waals surface area contributed by atoms with Gasteiger partial charge in [-0.2, -0.15) is 0 Å². The number of carbonyl (C=O) groups is 1. The van der Waals surface area contributed by atoms with Crippen LogP contribution < -0.4 is 14.2 Å². The van der Waals surface area contributed by atoms with E-state index in [9.17, 15) is 9.90 Å². The van der Waals surface area contributed by atoms with Gasteiger partial charge in [0, 0.05) is 12.5 Å². The minimum Gasteiger partial charge on any atom is -0.507 e. The van der Waals surface area contributed by atoms with E-state index in [-0.39, 0.29) is 16.9 Å². The van der Waals surface area contributed by atoms with Crippen LogP contribution in [0.2, 0.25) is 0 Å². The van der Waals surface area contributed by atoms with Gasteiger partial charge in [0.25, 0.3) is 0 Å². The number of hydrogen-bond acceptors (Lipinski definition) is 5. The van der Waals surface area contributed by atoms with Crippen LogP contribution >= 0.6 is 0 Å². The molecule has 0 aliphatic rings. The van der Waals surface area contributed by atoms with E-state index in [2.05, 4.69) is 0 Å². The molecule has 140 valence electrons. The second-order valence-corrected chi connectivity index (χ2v) is 6.75. The Morgan fingerprint density at radius 1 is 1.04 bits per heavy atom. The van der Waals surface area contributed by atoms with Crippen molar-refractivity contribution >= 4 is 5.97 Å². The van der Waals surface area contributed by atoms with Crippen LogP contribution in [0.4, 0.5) is 0 Å². The maximum atomic E-state index is 11.1. The third-order valence-electron chi connectivity index (χ3n) is 3.30. The summed E-state index contributed by atoms with van der Waals surface area (Å²) in [4.78, 5) is 11.1. The van der Waals surface area contributed by atoms with Crippen LogP contribution in [0.3, 0.4) is 0 Å². The molecule has 0 spiro atoms. The minimum atomic E-state index is -1.23. The number of carboxylic acids is 1. The molecule has 0 heterocycles. The lowest BCUT2D eigenvalue weighted by Crippen LogP contribution is -2.24. The maximum Gasteiger partial charge on any atom is 0.339 e. The molecule has 0 radical (unpaired) electrons. The predicted molar refractivity (Wildman–Crippen MR) is 97.2 cm³/mol. The molecule has 0 saturated carbocycles. The number of aromatic hydroxyl groups is 1. The molecule has 0 saturated heterocycles. The van der Waals surface area contributed by atoms with Crippen molar-refractivity contribution < 1.29 is 29.2 Å². The summed E-state index contributed by atoms with van der Waals surface area (Å²) in [5, 5.41) is 18.7. The second kappa shape index (κ2) is 7.99. The lowest BCUT2D eigenvalue weighted by Gasteiger charge is -2.23. The van der Waals surface area contributed by atoms with Crippen molar-refractivity contribution in [3.8, 4) is 23.0 Å². The van der Waals surface area contributed by atoms with Gasteiger partial charge in [-0.25, -0.2) is 4.79 Å². The summed E-state index contributed by atoms with van der Waals surface area (Å²) in [6.07, 6.45) is -0.0840. The van der Waals surface area contributed by atoms with E-state index in [0.717, 1.165) is 0 Å². The Bertz CT molecular complexity index is 763. The van der Waals surface area contributed by atoms with Gasteiger partial charge in [0.1, 0.15) is 34.2 Å². The molecule has 0 aliphatic heterocycles. The van der Waals surface area contributed by atoms with Crippen molar-refractivity contribution in [2.75, 3.05) is 0 Å². The first-order chi connectivity index (χ1) is 12.2. The predicted octanol–water partition coefficient (Wildman–Crippen LogP) is 4.46. The fraction of sp³-hybridized carbons (Fsp3) is 0.350. The van der Waals surface area contributed by atoms with Gasteiger partial charge in [0.05, 0.1) is 0 Å². The van der Waals surface area contributed by atoms with E-state index in [0.29, 0.717) is 23.7 Å². The molecule has 1 unspecified atom stereocenters. The highest BCUT2D eigenvalue weighted by molar-refractivity contribution is 5.91. The van der Waals surface area contributed by atoms with E-state index in [1.807, 2.05) is 39.8 Å². The van der Waals surface area contributed by atoms with Crippen molar-refractivity contribution in [2.24, 2.45) is 0 Å². The molecule has 0 aromatic heterocycles. The summed E-state index contributed by atoms with van der Waals surface area (Å²) in [5.74, 6) is 0.0208. The van der Waals surface area contributed by atoms with Crippen molar-refractivity contribution in [1.82, 2.24) is 0 Å². The molecule has 1 atom stereocenters. The lowest BCUT2D eigenvalue weighted by molar-refractivity contribution is 0.00280. The van der Waals surface area contributed by atoms with Gasteiger partial charge in [-0.3, -0.25) is 0 Å². The summed E-state index contributed by atoms with van der Waals surface area (Å²) in [5.41, 5.74) is -0.545. The van der Waals surface area contributed by atoms with Gasteiger partial charge in [-0.05, 0) is 51.1 Å². The standard InChI is InChI=1S/C20H24O6/c1-5-18(25-14-9-10-17(21)16(12-14)19(22)23)24-13-7-6-8-15(11-13)26-20(2,3)4/h6-12,18,21H,5H2,1-4H3,(H,22,23). The fourth-order valence-electron chi connectivity index (χ4n) is 2.22. The highest BCUT2D eigenvalue weighted by Crippen LogP contribution is 2.27. The van der Waals surface area contributed by atoms with Crippen molar-refractivity contribution in [3.63, 3.8) is 0 Å². The van der Waals surface area contributed by atoms with Crippen LogP contribution in [-0.2, 0) is 0 Å². The fourth-order valence-corrected chi connectivity index (χ4v) is 2.22. The highest BCUT2D eigenvalue weighted by Gasteiger charge is 2.16. The molecule has 2 N–H and O–H groups in total. The zero-order valence-corrected chi connectivity index (χ0v) is 15.4. The molecule has 0 bridgehead atoms. The average Bonchev–Trinajstić information content (AvgIpc) is 2.54. The van der Waals surface area contributed by atoms with Crippen LogP contribution in [-0.4, -0.2) is 28.1 Å². The first-order valence-corrected chi connectivity index (χ1v) is 8.36. The smallest absolute Gasteiger partial charge is 0.339 e. The van der Waals surface area contributed by atoms with Crippen LogP contribution in [0.15, 0.2) is 42.5 Å². The average molecular weight is 360 g/mol. The van der Waals surface area contributed by atoms with Crippen LogP contribution in [0.25, 0.3) is 0 Å². The Labute approximate surface area is 152 Å². The van der Waals surface area contributed by atoms with E-state index in [1.165, 1.54) is 18.2 Å². The van der Waals surface area contributed by atoms with Gasteiger partial charge in [-0.1, -0.05) is 13.0 Å². The topological polar surface area (TPSA) is 85.2 Å². The Morgan fingerprint density at radius 3 is 2.23 bits per heavy atom. The van der Waals surface area contributed by atoms with E-state index in [1.54, 1.807) is 12.1 Å².